The van der Waals surface area contributed by atoms with E-state index in [1.807, 2.05) is 18.2 Å². The van der Waals surface area contributed by atoms with E-state index >= 15 is 0 Å². The Morgan fingerprint density at radius 1 is 1.25 bits per heavy atom. The van der Waals surface area contributed by atoms with Crippen LogP contribution in [0.25, 0.3) is 0 Å². The Kier molecular flexibility index (Phi) is 6.04. The first-order valence-electron chi connectivity index (χ1n) is 5.34. The molecule has 0 spiro atoms. The molecule has 0 atom stereocenters. The summed E-state index contributed by atoms with van der Waals surface area (Å²) in [5.74, 6) is 0.816. The van der Waals surface area contributed by atoms with Crippen LogP contribution in [0.15, 0.2) is 18.2 Å². The summed E-state index contributed by atoms with van der Waals surface area (Å²) < 4.78 is 10.2. The maximum Gasteiger partial charge on any atom is 0.142 e. The van der Waals surface area contributed by atoms with Crippen molar-refractivity contribution < 1.29 is 9.47 Å². The molecule has 90 valence electrons. The predicted molar refractivity (Wildman–Crippen MR) is 67.6 cm³/mol. The number of rotatable bonds is 7. The summed E-state index contributed by atoms with van der Waals surface area (Å²) >= 11 is 5.92. The maximum atomic E-state index is 5.92. The fourth-order valence-corrected chi connectivity index (χ4v) is 1.58. The van der Waals surface area contributed by atoms with Gasteiger partial charge in [-0.2, -0.15) is 0 Å². The van der Waals surface area contributed by atoms with Crippen molar-refractivity contribution in [3.8, 4) is 5.75 Å². The lowest BCUT2D eigenvalue weighted by Crippen LogP contribution is -2.04. The Hall–Kier alpha value is -0.930. The highest BCUT2D eigenvalue weighted by atomic mass is 35.5. The average molecular weight is 244 g/mol. The van der Waals surface area contributed by atoms with Gasteiger partial charge in [0.15, 0.2) is 0 Å². The third kappa shape index (κ3) is 4.29. The molecule has 0 unspecified atom stereocenters. The SMILES string of the molecule is COCCCCNc1cc(Cl)ccc1OC. The van der Waals surface area contributed by atoms with Crippen molar-refractivity contribution in [2.75, 3.05) is 32.7 Å². The largest absolute Gasteiger partial charge is 0.495 e. The highest BCUT2D eigenvalue weighted by molar-refractivity contribution is 6.30. The van der Waals surface area contributed by atoms with Crippen LogP contribution in [0.2, 0.25) is 5.02 Å². The summed E-state index contributed by atoms with van der Waals surface area (Å²) in [5, 5.41) is 4.01. The predicted octanol–water partition coefficient (Wildman–Crippen LogP) is 3.19. The number of methoxy groups -OCH3 is 2. The Morgan fingerprint density at radius 3 is 2.75 bits per heavy atom. The zero-order chi connectivity index (χ0) is 11.8. The minimum atomic E-state index is 0.709. The highest BCUT2D eigenvalue weighted by Gasteiger charge is 2.02. The van der Waals surface area contributed by atoms with Gasteiger partial charge in [-0.25, -0.2) is 0 Å². The third-order valence-corrected chi connectivity index (χ3v) is 2.49. The molecule has 0 aliphatic heterocycles. The number of hydrogen-bond acceptors (Lipinski definition) is 3. The van der Waals surface area contributed by atoms with Crippen LogP contribution in [-0.2, 0) is 4.74 Å². The molecule has 0 saturated heterocycles. The van der Waals surface area contributed by atoms with Crippen LogP contribution in [0.3, 0.4) is 0 Å². The van der Waals surface area contributed by atoms with Crippen LogP contribution in [0.1, 0.15) is 12.8 Å². The highest BCUT2D eigenvalue weighted by Crippen LogP contribution is 2.27. The Morgan fingerprint density at radius 2 is 2.06 bits per heavy atom. The van der Waals surface area contributed by atoms with Gasteiger partial charge in [-0.3, -0.25) is 0 Å². The van der Waals surface area contributed by atoms with Gasteiger partial charge in [0, 0.05) is 25.3 Å². The molecule has 1 N–H and O–H groups in total. The first kappa shape index (κ1) is 13.1. The summed E-state index contributed by atoms with van der Waals surface area (Å²) in [4.78, 5) is 0. The maximum absolute atomic E-state index is 5.92. The van der Waals surface area contributed by atoms with Crippen molar-refractivity contribution in [3.63, 3.8) is 0 Å². The summed E-state index contributed by atoms with van der Waals surface area (Å²) in [5.41, 5.74) is 0.937. The normalized spacial score (nSPS) is 10.2. The Bertz CT molecular complexity index is 318. The van der Waals surface area contributed by atoms with E-state index in [0.29, 0.717) is 5.02 Å². The molecule has 0 aliphatic carbocycles. The number of anilines is 1. The van der Waals surface area contributed by atoms with Crippen molar-refractivity contribution in [3.05, 3.63) is 23.2 Å². The molecule has 0 heterocycles. The Balaban J connectivity index is 2.42. The number of hydrogen-bond donors (Lipinski definition) is 1. The average Bonchev–Trinajstić information content (AvgIpc) is 2.29. The molecule has 0 aromatic heterocycles. The fraction of sp³-hybridized carbons (Fsp3) is 0.500. The second kappa shape index (κ2) is 7.36. The lowest BCUT2D eigenvalue weighted by Gasteiger charge is -2.11. The number of ether oxygens (including phenoxy) is 2. The van der Waals surface area contributed by atoms with Crippen molar-refractivity contribution in [1.29, 1.82) is 0 Å². The third-order valence-electron chi connectivity index (χ3n) is 2.25. The van der Waals surface area contributed by atoms with E-state index in [9.17, 15) is 0 Å². The lowest BCUT2D eigenvalue weighted by molar-refractivity contribution is 0.194. The van der Waals surface area contributed by atoms with Crippen molar-refractivity contribution in [2.24, 2.45) is 0 Å². The molecule has 1 aromatic rings. The van der Waals surface area contributed by atoms with Gasteiger partial charge in [-0.15, -0.1) is 0 Å². The molecule has 3 nitrogen and oxygen atoms in total. The molecule has 4 heteroatoms. The van der Waals surface area contributed by atoms with Gasteiger partial charge in [-0.05, 0) is 31.0 Å². The van der Waals surface area contributed by atoms with Gasteiger partial charge >= 0.3 is 0 Å². The van der Waals surface area contributed by atoms with E-state index in [4.69, 9.17) is 21.1 Å². The number of nitrogens with one attached hydrogen (secondary N) is 1. The molecular weight excluding hydrogens is 226 g/mol. The van der Waals surface area contributed by atoms with E-state index in [-0.39, 0.29) is 0 Å². The summed E-state index contributed by atoms with van der Waals surface area (Å²) in [6.45, 7) is 1.69. The molecule has 16 heavy (non-hydrogen) atoms. The zero-order valence-electron chi connectivity index (χ0n) is 9.75. The molecule has 0 bridgehead atoms. The first-order chi connectivity index (χ1) is 7.77. The second-order valence-electron chi connectivity index (χ2n) is 3.47. The van der Waals surface area contributed by atoms with Gasteiger partial charge in [0.25, 0.3) is 0 Å². The molecular formula is C12H18ClNO2. The second-order valence-corrected chi connectivity index (χ2v) is 3.91. The van der Waals surface area contributed by atoms with Crippen molar-refractivity contribution >= 4 is 17.3 Å². The molecule has 0 saturated carbocycles. The monoisotopic (exact) mass is 243 g/mol. The van der Waals surface area contributed by atoms with E-state index in [1.165, 1.54) is 0 Å². The van der Waals surface area contributed by atoms with Gasteiger partial charge in [0.2, 0.25) is 0 Å². The van der Waals surface area contributed by atoms with E-state index < -0.39 is 0 Å². The topological polar surface area (TPSA) is 30.5 Å². The zero-order valence-corrected chi connectivity index (χ0v) is 10.5. The van der Waals surface area contributed by atoms with Crippen LogP contribution in [0.4, 0.5) is 5.69 Å². The minimum absolute atomic E-state index is 0.709. The van der Waals surface area contributed by atoms with Crippen LogP contribution in [-0.4, -0.2) is 27.4 Å². The smallest absolute Gasteiger partial charge is 0.142 e. The van der Waals surface area contributed by atoms with E-state index in [2.05, 4.69) is 5.32 Å². The lowest BCUT2D eigenvalue weighted by atomic mass is 10.2. The van der Waals surface area contributed by atoms with Crippen molar-refractivity contribution in [2.45, 2.75) is 12.8 Å². The number of halogens is 1. The first-order valence-corrected chi connectivity index (χ1v) is 5.72. The van der Waals surface area contributed by atoms with Gasteiger partial charge in [-0.1, -0.05) is 11.6 Å². The number of unbranched alkanes of at least 4 members (excludes halogenated alkanes) is 1. The van der Waals surface area contributed by atoms with Gasteiger partial charge < -0.3 is 14.8 Å². The van der Waals surface area contributed by atoms with E-state index in [1.54, 1.807) is 14.2 Å². The molecule has 0 fully saturated rings. The standard InChI is InChI=1S/C12H18ClNO2/c1-15-8-4-3-7-14-11-9-10(13)5-6-12(11)16-2/h5-6,9,14H,3-4,7-8H2,1-2H3. The molecule has 0 aliphatic rings. The Labute approximate surface area is 102 Å². The van der Waals surface area contributed by atoms with Crippen LogP contribution < -0.4 is 10.1 Å². The summed E-state index contributed by atoms with van der Waals surface area (Å²) in [6, 6.07) is 5.55. The van der Waals surface area contributed by atoms with Crippen LogP contribution in [0, 0.1) is 0 Å². The summed E-state index contributed by atoms with van der Waals surface area (Å²) in [6.07, 6.45) is 2.11. The van der Waals surface area contributed by atoms with Crippen LogP contribution >= 0.6 is 11.6 Å². The summed E-state index contributed by atoms with van der Waals surface area (Å²) in [7, 11) is 3.37. The molecule has 0 radical (unpaired) electrons. The van der Waals surface area contributed by atoms with Crippen molar-refractivity contribution in [1.82, 2.24) is 0 Å². The minimum Gasteiger partial charge on any atom is -0.495 e. The molecule has 1 aromatic carbocycles. The van der Waals surface area contributed by atoms with Crippen LogP contribution in [0.5, 0.6) is 5.75 Å². The molecule has 0 amide bonds. The quantitative estimate of drug-likeness (QED) is 0.746. The fourth-order valence-electron chi connectivity index (χ4n) is 1.41. The molecule has 1 rings (SSSR count). The number of benzene rings is 1. The van der Waals surface area contributed by atoms with Gasteiger partial charge in [0.1, 0.15) is 5.75 Å². The van der Waals surface area contributed by atoms with E-state index in [0.717, 1.165) is 37.4 Å². The van der Waals surface area contributed by atoms with Gasteiger partial charge in [0.05, 0.1) is 12.8 Å².